The average molecular weight is 363 g/mol. The van der Waals surface area contributed by atoms with Crippen molar-refractivity contribution >= 4 is 37.4 Å². The predicted molar refractivity (Wildman–Crippen MR) is 91.3 cm³/mol. The first kappa shape index (κ1) is 14.6. The van der Waals surface area contributed by atoms with Gasteiger partial charge >= 0.3 is 0 Å². The maximum Gasteiger partial charge on any atom is 0.122 e. The van der Waals surface area contributed by atoms with E-state index in [1.165, 1.54) is 0 Å². The molecule has 2 nitrogen and oxygen atoms in total. The highest BCUT2D eigenvalue weighted by Crippen LogP contribution is 2.38. The van der Waals surface area contributed by atoms with Gasteiger partial charge in [-0.1, -0.05) is 24.3 Å². The summed E-state index contributed by atoms with van der Waals surface area (Å²) in [6.07, 6.45) is -0.650. The monoisotopic (exact) mass is 362 g/mol. The third-order valence-electron chi connectivity index (χ3n) is 3.62. The fourth-order valence-corrected chi connectivity index (χ4v) is 4.08. The molecule has 2 aromatic carbocycles. The van der Waals surface area contributed by atoms with Crippen LogP contribution < -0.4 is 4.74 Å². The average Bonchev–Trinajstić information content (AvgIpc) is 2.92. The number of aliphatic hydroxyl groups excluding tert-OH is 1. The summed E-state index contributed by atoms with van der Waals surface area (Å²) in [4.78, 5) is 0. The summed E-state index contributed by atoms with van der Waals surface area (Å²) in [6.45, 7) is 1.99. The summed E-state index contributed by atoms with van der Waals surface area (Å²) in [6, 6.07) is 11.9. The second-order valence-corrected chi connectivity index (χ2v) is 6.67. The number of rotatable bonds is 3. The van der Waals surface area contributed by atoms with Gasteiger partial charge in [0, 0.05) is 14.7 Å². The lowest BCUT2D eigenvalue weighted by atomic mass is 9.99. The number of fused-ring (bicyclic) bond motifs is 1. The van der Waals surface area contributed by atoms with E-state index in [0.717, 1.165) is 37.0 Å². The Bertz CT molecular complexity index is 795. The first-order chi connectivity index (χ1) is 10.1. The standard InChI is InChI=1S/C17H15BrO2S/c1-10-6-7-11(8-15(10)20-2)16(19)13-9-21-17-12(13)4-3-5-14(17)18/h3-9,16,19H,1-2H3. The fraction of sp³-hybridized carbons (Fsp3) is 0.176. The van der Waals surface area contributed by atoms with Gasteiger partial charge in [0.05, 0.1) is 7.11 Å². The Morgan fingerprint density at radius 1 is 1.24 bits per heavy atom. The number of hydrogen-bond donors (Lipinski definition) is 1. The smallest absolute Gasteiger partial charge is 0.122 e. The fourth-order valence-electron chi connectivity index (χ4n) is 2.44. The number of benzene rings is 2. The van der Waals surface area contributed by atoms with Crippen LogP contribution in [0.1, 0.15) is 22.8 Å². The second-order valence-electron chi connectivity index (χ2n) is 4.94. The minimum Gasteiger partial charge on any atom is -0.496 e. The molecule has 3 rings (SSSR count). The van der Waals surface area contributed by atoms with Gasteiger partial charge in [-0.3, -0.25) is 0 Å². The van der Waals surface area contributed by atoms with Crippen molar-refractivity contribution in [3.63, 3.8) is 0 Å². The Morgan fingerprint density at radius 2 is 2.05 bits per heavy atom. The van der Waals surface area contributed by atoms with Crippen LogP contribution in [-0.4, -0.2) is 12.2 Å². The van der Waals surface area contributed by atoms with E-state index in [0.29, 0.717) is 0 Å². The van der Waals surface area contributed by atoms with E-state index in [-0.39, 0.29) is 0 Å². The van der Waals surface area contributed by atoms with E-state index in [4.69, 9.17) is 4.74 Å². The van der Waals surface area contributed by atoms with Crippen LogP contribution in [0.5, 0.6) is 5.75 Å². The van der Waals surface area contributed by atoms with Crippen molar-refractivity contribution in [1.82, 2.24) is 0 Å². The zero-order valence-electron chi connectivity index (χ0n) is 11.8. The summed E-state index contributed by atoms with van der Waals surface area (Å²) >= 11 is 5.20. The number of halogens is 1. The molecule has 0 fully saturated rings. The molecule has 0 spiro atoms. The van der Waals surface area contributed by atoms with Gasteiger partial charge in [-0.05, 0) is 56.9 Å². The highest BCUT2D eigenvalue weighted by atomic mass is 79.9. The molecule has 3 aromatic rings. The third kappa shape index (κ3) is 2.59. The molecule has 1 unspecified atom stereocenters. The predicted octanol–water partition coefficient (Wildman–Crippen LogP) is 5.06. The molecule has 1 aromatic heterocycles. The van der Waals surface area contributed by atoms with Crippen molar-refractivity contribution in [2.24, 2.45) is 0 Å². The molecule has 0 saturated heterocycles. The summed E-state index contributed by atoms with van der Waals surface area (Å²) in [5, 5.41) is 13.8. The highest BCUT2D eigenvalue weighted by Gasteiger charge is 2.17. The molecule has 21 heavy (non-hydrogen) atoms. The van der Waals surface area contributed by atoms with Gasteiger partial charge in [-0.25, -0.2) is 0 Å². The lowest BCUT2D eigenvalue weighted by Crippen LogP contribution is -2.00. The van der Waals surface area contributed by atoms with Crippen molar-refractivity contribution < 1.29 is 9.84 Å². The summed E-state index contributed by atoms with van der Waals surface area (Å²) in [5.74, 6) is 0.798. The summed E-state index contributed by atoms with van der Waals surface area (Å²) in [7, 11) is 1.65. The number of methoxy groups -OCH3 is 1. The Hall–Kier alpha value is -1.36. The summed E-state index contributed by atoms with van der Waals surface area (Å²) in [5.41, 5.74) is 2.84. The van der Waals surface area contributed by atoms with E-state index in [9.17, 15) is 5.11 Å². The Balaban J connectivity index is 2.08. The molecule has 0 aliphatic carbocycles. The molecule has 0 saturated carbocycles. The van der Waals surface area contributed by atoms with Gasteiger partial charge in [-0.2, -0.15) is 0 Å². The van der Waals surface area contributed by atoms with Crippen molar-refractivity contribution in [3.05, 3.63) is 62.9 Å². The number of aryl methyl sites for hydroxylation is 1. The molecule has 1 heterocycles. The molecular weight excluding hydrogens is 348 g/mol. The number of hydrogen-bond acceptors (Lipinski definition) is 3. The SMILES string of the molecule is COc1cc(C(O)c2csc3c(Br)cccc23)ccc1C. The van der Waals surface area contributed by atoms with Gasteiger partial charge in [0.1, 0.15) is 11.9 Å². The van der Waals surface area contributed by atoms with E-state index < -0.39 is 6.10 Å². The zero-order valence-corrected chi connectivity index (χ0v) is 14.2. The summed E-state index contributed by atoms with van der Waals surface area (Å²) < 4.78 is 7.56. The number of thiophene rings is 1. The molecular formula is C17H15BrO2S. The normalized spacial score (nSPS) is 12.6. The molecule has 4 heteroatoms. The molecule has 0 amide bonds. The lowest BCUT2D eigenvalue weighted by molar-refractivity contribution is 0.221. The maximum absolute atomic E-state index is 10.7. The second kappa shape index (κ2) is 5.79. The zero-order chi connectivity index (χ0) is 15.0. The Labute approximate surface area is 136 Å². The van der Waals surface area contributed by atoms with Crippen LogP contribution in [0.3, 0.4) is 0 Å². The first-order valence-corrected chi connectivity index (χ1v) is 8.27. The molecule has 1 N–H and O–H groups in total. The van der Waals surface area contributed by atoms with Crippen LogP contribution in [0.15, 0.2) is 46.3 Å². The first-order valence-electron chi connectivity index (χ1n) is 6.60. The van der Waals surface area contributed by atoms with E-state index in [1.54, 1.807) is 18.4 Å². The Morgan fingerprint density at radius 3 is 2.81 bits per heavy atom. The van der Waals surface area contributed by atoms with Gasteiger partial charge in [0.2, 0.25) is 0 Å². The minimum absolute atomic E-state index is 0.650. The van der Waals surface area contributed by atoms with Crippen LogP contribution in [0.4, 0.5) is 0 Å². The van der Waals surface area contributed by atoms with Crippen LogP contribution in [0.2, 0.25) is 0 Å². The largest absolute Gasteiger partial charge is 0.496 e. The van der Waals surface area contributed by atoms with E-state index >= 15 is 0 Å². The number of ether oxygens (including phenoxy) is 1. The molecule has 108 valence electrons. The van der Waals surface area contributed by atoms with Crippen LogP contribution in [-0.2, 0) is 0 Å². The van der Waals surface area contributed by atoms with Crippen LogP contribution >= 0.6 is 27.3 Å². The van der Waals surface area contributed by atoms with Gasteiger partial charge in [0.25, 0.3) is 0 Å². The van der Waals surface area contributed by atoms with Gasteiger partial charge in [-0.15, -0.1) is 11.3 Å². The highest BCUT2D eigenvalue weighted by molar-refractivity contribution is 9.10. The quantitative estimate of drug-likeness (QED) is 0.705. The molecule has 0 radical (unpaired) electrons. The lowest BCUT2D eigenvalue weighted by Gasteiger charge is -2.13. The maximum atomic E-state index is 10.7. The third-order valence-corrected chi connectivity index (χ3v) is 5.59. The van der Waals surface area contributed by atoms with Gasteiger partial charge < -0.3 is 9.84 Å². The van der Waals surface area contributed by atoms with Crippen LogP contribution in [0, 0.1) is 6.92 Å². The molecule has 1 atom stereocenters. The topological polar surface area (TPSA) is 29.5 Å². The van der Waals surface area contributed by atoms with E-state index in [2.05, 4.69) is 15.9 Å². The molecule has 0 aliphatic rings. The van der Waals surface area contributed by atoms with Crippen LogP contribution in [0.25, 0.3) is 10.1 Å². The minimum atomic E-state index is -0.650. The van der Waals surface area contributed by atoms with E-state index in [1.807, 2.05) is 48.7 Å². The van der Waals surface area contributed by atoms with Crippen molar-refractivity contribution in [1.29, 1.82) is 0 Å². The van der Waals surface area contributed by atoms with Crippen molar-refractivity contribution in [2.45, 2.75) is 13.0 Å². The van der Waals surface area contributed by atoms with Gasteiger partial charge in [0.15, 0.2) is 0 Å². The molecule has 0 bridgehead atoms. The van der Waals surface area contributed by atoms with Crippen molar-refractivity contribution in [2.75, 3.05) is 7.11 Å². The number of aliphatic hydroxyl groups is 1. The van der Waals surface area contributed by atoms with Crippen molar-refractivity contribution in [3.8, 4) is 5.75 Å². The Kier molecular flexibility index (Phi) is 4.02. The molecule has 0 aliphatic heterocycles.